The molecule has 35 heavy (non-hydrogen) atoms. The van der Waals surface area contributed by atoms with Crippen LogP contribution in [0.15, 0.2) is 72.8 Å². The first kappa shape index (κ1) is 23.0. The maximum atomic E-state index is 14.1. The van der Waals surface area contributed by atoms with Gasteiger partial charge in [0, 0.05) is 0 Å². The van der Waals surface area contributed by atoms with E-state index in [0.717, 1.165) is 47.3 Å². The van der Waals surface area contributed by atoms with Gasteiger partial charge in [0.15, 0.2) is 0 Å². The van der Waals surface area contributed by atoms with Crippen LogP contribution >= 0.6 is 31.9 Å². The molecule has 0 spiro atoms. The number of rotatable bonds is 6. The highest BCUT2D eigenvalue weighted by molar-refractivity contribution is 9.10. The molecule has 0 aromatic heterocycles. The molecule has 7 rings (SSSR count). The summed E-state index contributed by atoms with van der Waals surface area (Å²) in [6.45, 7) is 2.82. The zero-order valence-corrected chi connectivity index (χ0v) is 22.5. The number of hydrogen-bond donors (Lipinski definition) is 0. The molecule has 1 aliphatic heterocycles. The Kier molecular flexibility index (Phi) is 5.46. The number of halogens is 2. The van der Waals surface area contributed by atoms with Gasteiger partial charge in [0.2, 0.25) is 11.8 Å². The van der Waals surface area contributed by atoms with Crippen LogP contribution < -0.4 is 9.64 Å². The quantitative estimate of drug-likeness (QED) is 0.182. The molecular weight excluding hydrogens is 570 g/mol. The summed E-state index contributed by atoms with van der Waals surface area (Å²) in [5.41, 5.74) is 4.73. The monoisotopic (exact) mass is 593 g/mol. The number of nitrogens with zero attached hydrogens (tertiary/aromatic N) is 1. The van der Waals surface area contributed by atoms with Crippen molar-refractivity contribution < 1.29 is 14.3 Å². The van der Waals surface area contributed by atoms with Crippen molar-refractivity contribution in [2.45, 2.75) is 34.8 Å². The molecule has 1 fully saturated rings. The molecule has 4 aliphatic rings. The topological polar surface area (TPSA) is 46.6 Å². The van der Waals surface area contributed by atoms with Gasteiger partial charge >= 0.3 is 0 Å². The lowest BCUT2D eigenvalue weighted by atomic mass is 9.54. The van der Waals surface area contributed by atoms with Crippen molar-refractivity contribution in [3.63, 3.8) is 0 Å². The molecule has 3 aliphatic carbocycles. The predicted octanol–water partition coefficient (Wildman–Crippen LogP) is 6.67. The van der Waals surface area contributed by atoms with Gasteiger partial charge in [0.05, 0.1) is 32.8 Å². The molecule has 2 bridgehead atoms. The largest absolute Gasteiger partial charge is 0.494 e. The Morgan fingerprint density at radius 2 is 1.20 bits per heavy atom. The fourth-order valence-electron chi connectivity index (χ4n) is 6.16. The Labute approximate surface area is 221 Å². The van der Waals surface area contributed by atoms with Gasteiger partial charge in [-0.1, -0.05) is 100 Å². The SMILES string of the molecule is CCCCCOc1ccc(N2C(=O)[C@@H]3[C@H](C2=O)C2(Br)c4ccccc4C3(Br)c3ccccc32)cc1. The second kappa shape index (κ2) is 8.31. The summed E-state index contributed by atoms with van der Waals surface area (Å²) in [5.74, 6) is -0.744. The number of anilines is 1. The zero-order valence-electron chi connectivity index (χ0n) is 19.3. The standard InChI is InChI=1S/C29H25Br2NO3/c1-2-3-8-17-35-19-15-13-18(14-16-19)32-26(33)24-25(27(32)34)29(31)21-10-5-4-9-20(21)28(24,30)22-11-6-7-12-23(22)29/h4-7,9-16,24-25H,2-3,8,17H2,1H3/t24-,25+,28?,29?. The molecule has 6 heteroatoms. The van der Waals surface area contributed by atoms with E-state index < -0.39 is 20.5 Å². The smallest absolute Gasteiger partial charge is 0.239 e. The number of benzene rings is 3. The van der Waals surface area contributed by atoms with E-state index in [1.807, 2.05) is 48.5 Å². The first-order chi connectivity index (χ1) is 16.9. The molecule has 3 aromatic rings. The number of alkyl halides is 2. The van der Waals surface area contributed by atoms with Crippen LogP contribution in [0.4, 0.5) is 5.69 Å². The lowest BCUT2D eigenvalue weighted by Crippen LogP contribution is -2.56. The van der Waals surface area contributed by atoms with Crippen LogP contribution in [0.2, 0.25) is 0 Å². The maximum Gasteiger partial charge on any atom is 0.239 e. The molecule has 0 radical (unpaired) electrons. The minimum Gasteiger partial charge on any atom is -0.494 e. The average Bonchev–Trinajstić information content (AvgIpc) is 3.16. The number of unbranched alkanes of at least 4 members (excludes halogenated alkanes) is 2. The number of carbonyl (C=O) groups is 2. The second-order valence-corrected chi connectivity index (χ2v) is 12.0. The van der Waals surface area contributed by atoms with Gasteiger partial charge in [-0.2, -0.15) is 0 Å². The van der Waals surface area contributed by atoms with Gasteiger partial charge in [0.1, 0.15) is 5.75 Å². The molecule has 178 valence electrons. The summed E-state index contributed by atoms with van der Waals surface area (Å²) in [6, 6.07) is 23.6. The summed E-state index contributed by atoms with van der Waals surface area (Å²) >= 11 is 8.08. The molecule has 1 saturated heterocycles. The van der Waals surface area contributed by atoms with Gasteiger partial charge < -0.3 is 4.74 Å². The number of hydrogen-bond acceptors (Lipinski definition) is 3. The van der Waals surface area contributed by atoms with Gasteiger partial charge in [0.25, 0.3) is 0 Å². The third kappa shape index (κ3) is 3.02. The highest BCUT2D eigenvalue weighted by Crippen LogP contribution is 2.70. The third-order valence-corrected chi connectivity index (χ3v) is 10.4. The Morgan fingerprint density at radius 1 is 0.743 bits per heavy atom. The maximum absolute atomic E-state index is 14.1. The van der Waals surface area contributed by atoms with E-state index in [9.17, 15) is 9.59 Å². The van der Waals surface area contributed by atoms with Crippen LogP contribution in [0.3, 0.4) is 0 Å². The van der Waals surface area contributed by atoms with E-state index in [-0.39, 0.29) is 11.8 Å². The first-order valence-electron chi connectivity index (χ1n) is 12.1. The number of ether oxygens (including phenoxy) is 1. The van der Waals surface area contributed by atoms with E-state index in [1.165, 1.54) is 4.90 Å². The van der Waals surface area contributed by atoms with Crippen molar-refractivity contribution in [3.8, 4) is 5.75 Å². The lowest BCUT2D eigenvalue weighted by molar-refractivity contribution is -0.122. The average molecular weight is 595 g/mol. The first-order valence-corrected chi connectivity index (χ1v) is 13.7. The highest BCUT2D eigenvalue weighted by Gasteiger charge is 2.72. The number of carbonyl (C=O) groups excluding carboxylic acids is 2. The van der Waals surface area contributed by atoms with Crippen LogP contribution in [-0.2, 0) is 18.2 Å². The van der Waals surface area contributed by atoms with E-state index in [2.05, 4.69) is 63.0 Å². The summed E-state index contributed by atoms with van der Waals surface area (Å²) in [4.78, 5) is 29.5. The summed E-state index contributed by atoms with van der Waals surface area (Å²) in [7, 11) is 0. The van der Waals surface area contributed by atoms with E-state index in [1.54, 1.807) is 0 Å². The van der Waals surface area contributed by atoms with Crippen molar-refractivity contribution in [3.05, 3.63) is 95.1 Å². The third-order valence-electron chi connectivity index (χ3n) is 7.70. The molecule has 2 atom stereocenters. The predicted molar refractivity (Wildman–Crippen MR) is 143 cm³/mol. The van der Waals surface area contributed by atoms with E-state index in [4.69, 9.17) is 4.74 Å². The fourth-order valence-corrected chi connectivity index (χ4v) is 8.46. The van der Waals surface area contributed by atoms with Gasteiger partial charge in [-0.3, -0.25) is 9.59 Å². The second-order valence-electron chi connectivity index (χ2n) is 9.53. The minimum absolute atomic E-state index is 0.179. The Balaban J connectivity index is 1.42. The molecule has 0 N–H and O–H groups in total. The molecule has 3 aromatic carbocycles. The highest BCUT2D eigenvalue weighted by atomic mass is 79.9. The van der Waals surface area contributed by atoms with E-state index in [0.29, 0.717) is 12.3 Å². The van der Waals surface area contributed by atoms with Crippen LogP contribution in [0.5, 0.6) is 5.75 Å². The van der Waals surface area contributed by atoms with Gasteiger partial charge in [-0.25, -0.2) is 4.90 Å². The van der Waals surface area contributed by atoms with Crippen LogP contribution in [-0.4, -0.2) is 18.4 Å². The fraction of sp³-hybridized carbons (Fsp3) is 0.310. The van der Waals surface area contributed by atoms with Crippen molar-refractivity contribution in [2.24, 2.45) is 11.8 Å². The summed E-state index contributed by atoms with van der Waals surface area (Å²) in [6.07, 6.45) is 3.28. The number of amides is 2. The van der Waals surface area contributed by atoms with Crippen LogP contribution in [0.25, 0.3) is 0 Å². The molecule has 0 unspecified atom stereocenters. The van der Waals surface area contributed by atoms with E-state index >= 15 is 0 Å². The Morgan fingerprint density at radius 3 is 1.63 bits per heavy atom. The minimum atomic E-state index is -0.774. The van der Waals surface area contributed by atoms with Crippen molar-refractivity contribution in [1.29, 1.82) is 0 Å². The van der Waals surface area contributed by atoms with Gasteiger partial charge in [-0.05, 0) is 52.9 Å². The lowest BCUT2D eigenvalue weighted by Gasteiger charge is -2.55. The normalized spacial score (nSPS) is 28.0. The molecule has 0 saturated carbocycles. The Hall–Kier alpha value is -2.44. The molecule has 2 amide bonds. The van der Waals surface area contributed by atoms with Crippen LogP contribution in [0, 0.1) is 11.8 Å². The summed E-state index contributed by atoms with van der Waals surface area (Å²) < 4.78 is 4.28. The summed E-state index contributed by atoms with van der Waals surface area (Å²) in [5, 5.41) is 0. The van der Waals surface area contributed by atoms with Crippen LogP contribution in [0.1, 0.15) is 48.4 Å². The number of imide groups is 1. The molecule has 4 nitrogen and oxygen atoms in total. The van der Waals surface area contributed by atoms with Crippen molar-refractivity contribution in [1.82, 2.24) is 0 Å². The van der Waals surface area contributed by atoms with Crippen molar-refractivity contribution in [2.75, 3.05) is 11.5 Å². The van der Waals surface area contributed by atoms with Crippen molar-refractivity contribution >= 4 is 49.4 Å². The van der Waals surface area contributed by atoms with Gasteiger partial charge in [-0.15, -0.1) is 0 Å². The molecular formula is C29H25Br2NO3. The zero-order chi connectivity index (χ0) is 24.4. The Bertz CT molecular complexity index is 1210. The molecule has 1 heterocycles.